The molecule has 0 radical (unpaired) electrons. The molecule has 0 saturated heterocycles. The van der Waals surface area contributed by atoms with Gasteiger partial charge in [-0.3, -0.25) is 14.4 Å². The summed E-state index contributed by atoms with van der Waals surface area (Å²) in [5, 5.41) is 0. The van der Waals surface area contributed by atoms with E-state index >= 15 is 0 Å². The average Bonchev–Trinajstić information content (AvgIpc) is 3.47. The van der Waals surface area contributed by atoms with Gasteiger partial charge in [-0.15, -0.1) is 0 Å². The van der Waals surface area contributed by atoms with Crippen molar-refractivity contribution >= 4 is 17.9 Å². The topological polar surface area (TPSA) is 78.9 Å². The van der Waals surface area contributed by atoms with Crippen LogP contribution in [-0.4, -0.2) is 37.2 Å². The number of carbonyl (C=O) groups is 3. The van der Waals surface area contributed by atoms with E-state index in [9.17, 15) is 14.4 Å². The first-order chi connectivity index (χ1) is 40.5. The van der Waals surface area contributed by atoms with Gasteiger partial charge < -0.3 is 14.2 Å². The van der Waals surface area contributed by atoms with Crippen molar-refractivity contribution in [1.82, 2.24) is 0 Å². The smallest absolute Gasteiger partial charge is 0.306 e. The van der Waals surface area contributed by atoms with Crippen LogP contribution in [0, 0.1) is 0 Å². The zero-order valence-corrected chi connectivity index (χ0v) is 55.8. The maximum absolute atomic E-state index is 13.0. The van der Waals surface area contributed by atoms with Crippen molar-refractivity contribution in [3.05, 3.63) is 24.3 Å². The van der Waals surface area contributed by atoms with Gasteiger partial charge in [0.05, 0.1) is 0 Å². The van der Waals surface area contributed by atoms with E-state index < -0.39 is 6.10 Å². The van der Waals surface area contributed by atoms with Crippen LogP contribution in [0.3, 0.4) is 0 Å². The second-order valence-corrected chi connectivity index (χ2v) is 25.6. The van der Waals surface area contributed by atoms with Gasteiger partial charge in [0.25, 0.3) is 0 Å². The Labute approximate surface area is 513 Å². The molecule has 0 fully saturated rings. The van der Waals surface area contributed by atoms with Gasteiger partial charge in [-0.1, -0.05) is 360 Å². The molecule has 6 nitrogen and oxygen atoms in total. The number of carbonyl (C=O) groups excluding carboxylic acids is 3. The first-order valence-corrected chi connectivity index (χ1v) is 37.3. The van der Waals surface area contributed by atoms with E-state index in [-0.39, 0.29) is 31.1 Å². The zero-order valence-electron chi connectivity index (χ0n) is 55.8. The first-order valence-electron chi connectivity index (χ1n) is 37.3. The third-order valence-corrected chi connectivity index (χ3v) is 17.2. The Morgan fingerprint density at radius 3 is 0.610 bits per heavy atom. The highest BCUT2D eigenvalue weighted by Gasteiger charge is 2.20. The van der Waals surface area contributed by atoms with Crippen LogP contribution in [0.4, 0.5) is 0 Å². The van der Waals surface area contributed by atoms with Crippen LogP contribution in [0.25, 0.3) is 0 Å². The van der Waals surface area contributed by atoms with E-state index in [4.69, 9.17) is 14.2 Å². The molecule has 1 unspecified atom stereocenters. The van der Waals surface area contributed by atoms with Crippen molar-refractivity contribution in [2.24, 2.45) is 0 Å². The van der Waals surface area contributed by atoms with Crippen molar-refractivity contribution in [2.45, 2.75) is 431 Å². The second-order valence-electron chi connectivity index (χ2n) is 25.6. The summed E-state index contributed by atoms with van der Waals surface area (Å²) >= 11 is 0. The lowest BCUT2D eigenvalue weighted by atomic mass is 10.0. The molecule has 484 valence electrons. The lowest BCUT2D eigenvalue weighted by Crippen LogP contribution is -2.30. The Balaban J connectivity index is 4.15. The predicted octanol–water partition coefficient (Wildman–Crippen LogP) is 25.7. The summed E-state index contributed by atoms with van der Waals surface area (Å²) < 4.78 is 17.0. The minimum Gasteiger partial charge on any atom is -0.462 e. The van der Waals surface area contributed by atoms with Crippen LogP contribution < -0.4 is 0 Å². The van der Waals surface area contributed by atoms with Crippen LogP contribution in [0.2, 0.25) is 0 Å². The van der Waals surface area contributed by atoms with Crippen molar-refractivity contribution in [3.63, 3.8) is 0 Å². The van der Waals surface area contributed by atoms with Crippen LogP contribution in [0.1, 0.15) is 425 Å². The number of rotatable bonds is 70. The van der Waals surface area contributed by atoms with Crippen LogP contribution in [-0.2, 0) is 28.6 Å². The Bertz CT molecular complexity index is 1320. The predicted molar refractivity (Wildman–Crippen MR) is 358 cm³/mol. The molecule has 0 rings (SSSR count). The molecule has 1 atom stereocenters. The standard InChI is InChI=1S/C76H144O6/c1-4-7-10-13-16-19-22-25-28-30-32-33-34-35-36-37-38-39-40-41-42-43-45-46-48-51-54-57-60-63-66-69-75(78)81-72-73(71-80-74(77)68-65-62-59-56-53-50-27-24-21-18-15-12-9-6-3)82-76(79)70-67-64-61-58-55-52-49-47-44-31-29-26-23-20-17-14-11-8-5-2/h26,29-30,32,73H,4-25,27-28,31,33-72H2,1-3H3/b29-26-,32-30-. The monoisotopic (exact) mass is 1150 g/mol. The fourth-order valence-electron chi connectivity index (χ4n) is 11.6. The maximum Gasteiger partial charge on any atom is 0.306 e. The second kappa shape index (κ2) is 71.4. The van der Waals surface area contributed by atoms with Gasteiger partial charge >= 0.3 is 17.9 Å². The Kier molecular flexibility index (Phi) is 69.5. The van der Waals surface area contributed by atoms with E-state index in [1.807, 2.05) is 0 Å². The molecule has 0 aromatic heterocycles. The number of esters is 3. The minimum absolute atomic E-state index is 0.0652. The van der Waals surface area contributed by atoms with Crippen LogP contribution in [0.5, 0.6) is 0 Å². The molecule has 0 bridgehead atoms. The third-order valence-electron chi connectivity index (χ3n) is 17.2. The molecule has 0 saturated carbocycles. The van der Waals surface area contributed by atoms with Gasteiger partial charge in [-0.2, -0.15) is 0 Å². The summed E-state index contributed by atoms with van der Waals surface area (Å²) in [6.45, 7) is 6.72. The molecule has 0 aromatic rings. The van der Waals surface area contributed by atoms with Crippen molar-refractivity contribution in [2.75, 3.05) is 13.2 Å². The molecule has 6 heteroatoms. The number of hydrogen-bond acceptors (Lipinski definition) is 6. The summed E-state index contributed by atoms with van der Waals surface area (Å²) in [5.41, 5.74) is 0. The molecule has 82 heavy (non-hydrogen) atoms. The van der Waals surface area contributed by atoms with Gasteiger partial charge in [-0.25, -0.2) is 0 Å². The van der Waals surface area contributed by atoms with Crippen molar-refractivity contribution in [1.29, 1.82) is 0 Å². The maximum atomic E-state index is 13.0. The summed E-state index contributed by atoms with van der Waals surface area (Å²) in [5.74, 6) is -0.833. The highest BCUT2D eigenvalue weighted by molar-refractivity contribution is 5.71. The summed E-state index contributed by atoms with van der Waals surface area (Å²) in [4.78, 5) is 38.5. The Hall–Kier alpha value is -2.11. The fraction of sp³-hybridized carbons (Fsp3) is 0.908. The quantitative estimate of drug-likeness (QED) is 0.0261. The third kappa shape index (κ3) is 68.7. The number of ether oxygens (including phenoxy) is 3. The molecule has 0 heterocycles. The highest BCUT2D eigenvalue weighted by Crippen LogP contribution is 2.19. The zero-order chi connectivity index (χ0) is 59.2. The number of hydrogen-bond donors (Lipinski definition) is 0. The summed E-state index contributed by atoms with van der Waals surface area (Å²) in [7, 11) is 0. The summed E-state index contributed by atoms with van der Waals surface area (Å²) in [6, 6.07) is 0. The molecule has 0 aliphatic rings. The van der Waals surface area contributed by atoms with Crippen LogP contribution in [0.15, 0.2) is 24.3 Å². The Morgan fingerprint density at radius 1 is 0.232 bits per heavy atom. The molecule has 0 spiro atoms. The largest absolute Gasteiger partial charge is 0.462 e. The lowest BCUT2D eigenvalue weighted by Gasteiger charge is -2.18. The summed E-state index contributed by atoms with van der Waals surface area (Å²) in [6.07, 6.45) is 88.0. The van der Waals surface area contributed by atoms with Crippen LogP contribution >= 0.6 is 0 Å². The van der Waals surface area contributed by atoms with E-state index in [2.05, 4.69) is 45.1 Å². The van der Waals surface area contributed by atoms with Crippen molar-refractivity contribution < 1.29 is 28.6 Å². The first kappa shape index (κ1) is 79.9. The van der Waals surface area contributed by atoms with E-state index in [1.165, 1.54) is 327 Å². The van der Waals surface area contributed by atoms with Gasteiger partial charge in [0.1, 0.15) is 13.2 Å². The van der Waals surface area contributed by atoms with E-state index in [0.29, 0.717) is 19.3 Å². The van der Waals surface area contributed by atoms with Gasteiger partial charge in [0, 0.05) is 19.3 Å². The average molecular weight is 1150 g/mol. The molecule has 0 aromatic carbocycles. The number of allylic oxidation sites excluding steroid dienone is 4. The van der Waals surface area contributed by atoms with Crippen molar-refractivity contribution in [3.8, 4) is 0 Å². The lowest BCUT2D eigenvalue weighted by molar-refractivity contribution is -0.167. The molecular weight excluding hydrogens is 1010 g/mol. The number of unbranched alkanes of at least 4 members (excludes halogenated alkanes) is 55. The highest BCUT2D eigenvalue weighted by atomic mass is 16.6. The normalized spacial score (nSPS) is 12.1. The molecular formula is C76H144O6. The van der Waals surface area contributed by atoms with E-state index in [1.54, 1.807) is 0 Å². The van der Waals surface area contributed by atoms with Gasteiger partial charge in [0.2, 0.25) is 0 Å². The minimum atomic E-state index is -0.769. The SMILES string of the molecule is CCCCCCCC/C=C\CCCCCCCCCCCC(=O)OC(COC(=O)CCCCCCCCCCCCCCCC)COC(=O)CCCCCCCCCCCCCCCCCCCCC/C=C\CCCCCCCCCC. The Morgan fingerprint density at radius 2 is 0.402 bits per heavy atom. The molecule has 0 N–H and O–H groups in total. The van der Waals surface area contributed by atoms with Gasteiger partial charge in [-0.05, 0) is 70.6 Å². The van der Waals surface area contributed by atoms with E-state index in [0.717, 1.165) is 57.8 Å². The molecule has 0 aliphatic heterocycles. The fourth-order valence-corrected chi connectivity index (χ4v) is 11.6. The van der Waals surface area contributed by atoms with Gasteiger partial charge in [0.15, 0.2) is 6.10 Å². The molecule has 0 aliphatic carbocycles. The molecule has 0 amide bonds.